The van der Waals surface area contributed by atoms with Crippen LogP contribution in [-0.2, 0) is 14.3 Å². The van der Waals surface area contributed by atoms with Crippen LogP contribution in [0.15, 0.2) is 85.0 Å². The van der Waals surface area contributed by atoms with E-state index in [1.165, 1.54) is 12.1 Å². The van der Waals surface area contributed by atoms with Crippen molar-refractivity contribution < 1.29 is 33.3 Å². The second-order valence-electron chi connectivity index (χ2n) is 8.23. The van der Waals surface area contributed by atoms with E-state index in [1.807, 2.05) is 6.07 Å². The molecule has 3 aromatic carbocycles. The summed E-state index contributed by atoms with van der Waals surface area (Å²) in [4.78, 5) is 23.5. The molecule has 0 amide bonds. The van der Waals surface area contributed by atoms with Crippen LogP contribution in [0.3, 0.4) is 0 Å². The molecule has 0 saturated heterocycles. The number of carbonyl (C=O) groups excluding carboxylic acids is 2. The van der Waals surface area contributed by atoms with Crippen LogP contribution < -0.4 is 9.47 Å². The average molecular weight is 491 g/mol. The smallest absolute Gasteiger partial charge is 0.338 e. The first-order valence-electron chi connectivity index (χ1n) is 11.2. The maximum Gasteiger partial charge on any atom is 0.338 e. The number of hydrogen-bond acceptors (Lipinski definition) is 6. The molecule has 6 nitrogen and oxygen atoms in total. The zero-order valence-corrected chi connectivity index (χ0v) is 20.2. The summed E-state index contributed by atoms with van der Waals surface area (Å²) in [5.41, 5.74) is 3.20. The van der Waals surface area contributed by atoms with Crippen molar-refractivity contribution in [2.45, 2.75) is 20.3 Å². The summed E-state index contributed by atoms with van der Waals surface area (Å²) in [6.07, 6.45) is 0.395. The first-order valence-corrected chi connectivity index (χ1v) is 11.2. The van der Waals surface area contributed by atoms with E-state index in [9.17, 15) is 19.1 Å². The van der Waals surface area contributed by atoms with Gasteiger partial charge in [-0.25, -0.2) is 14.0 Å². The SMILES string of the molecule is C=C(C)C(=O)OCCCOc1ccc(-c2cc(OC(=O)C(=C)C)cc(-c3ccc(O)cc3)c2)cc1F. The van der Waals surface area contributed by atoms with E-state index in [2.05, 4.69) is 13.2 Å². The van der Waals surface area contributed by atoms with Gasteiger partial charge in [0.1, 0.15) is 11.5 Å². The molecular weight excluding hydrogens is 463 g/mol. The lowest BCUT2D eigenvalue weighted by molar-refractivity contribution is -0.139. The Hall–Kier alpha value is -4.39. The van der Waals surface area contributed by atoms with Gasteiger partial charge in [-0.3, -0.25) is 0 Å². The van der Waals surface area contributed by atoms with Gasteiger partial charge in [-0.15, -0.1) is 0 Å². The zero-order chi connectivity index (χ0) is 26.2. The highest BCUT2D eigenvalue weighted by Crippen LogP contribution is 2.34. The fourth-order valence-corrected chi connectivity index (χ4v) is 3.17. The second kappa shape index (κ2) is 11.8. The van der Waals surface area contributed by atoms with E-state index in [4.69, 9.17) is 14.2 Å². The molecule has 0 heterocycles. The molecule has 0 aliphatic carbocycles. The summed E-state index contributed by atoms with van der Waals surface area (Å²) in [5, 5.41) is 9.61. The maximum absolute atomic E-state index is 14.8. The number of ether oxygens (including phenoxy) is 3. The Morgan fingerprint density at radius 3 is 2.03 bits per heavy atom. The van der Waals surface area contributed by atoms with Crippen LogP contribution >= 0.6 is 0 Å². The molecule has 7 heteroatoms. The fourth-order valence-electron chi connectivity index (χ4n) is 3.17. The summed E-state index contributed by atoms with van der Waals surface area (Å²) in [6.45, 7) is 10.5. The van der Waals surface area contributed by atoms with Crippen LogP contribution in [0.5, 0.6) is 17.2 Å². The van der Waals surface area contributed by atoms with Gasteiger partial charge in [-0.1, -0.05) is 31.4 Å². The molecule has 3 rings (SSSR count). The van der Waals surface area contributed by atoms with Crippen molar-refractivity contribution in [2.75, 3.05) is 13.2 Å². The Labute approximate surface area is 209 Å². The number of benzene rings is 3. The monoisotopic (exact) mass is 490 g/mol. The average Bonchev–Trinajstić information content (AvgIpc) is 2.84. The minimum absolute atomic E-state index is 0.0635. The Morgan fingerprint density at radius 1 is 0.806 bits per heavy atom. The van der Waals surface area contributed by atoms with E-state index in [-0.39, 0.29) is 36.0 Å². The van der Waals surface area contributed by atoms with Gasteiger partial charge >= 0.3 is 11.9 Å². The normalized spacial score (nSPS) is 10.4. The number of esters is 2. The minimum atomic E-state index is -0.576. The fraction of sp³-hybridized carbons (Fsp3) is 0.172. The molecule has 1 N–H and O–H groups in total. The van der Waals surface area contributed by atoms with Crippen LogP contribution in [0.4, 0.5) is 4.39 Å². The third kappa shape index (κ3) is 7.06. The summed E-state index contributed by atoms with van der Waals surface area (Å²) in [7, 11) is 0. The first-order chi connectivity index (χ1) is 17.1. The highest BCUT2D eigenvalue weighted by Gasteiger charge is 2.13. The summed E-state index contributed by atoms with van der Waals surface area (Å²) in [5.74, 6) is -1.17. The summed E-state index contributed by atoms with van der Waals surface area (Å²) in [6, 6.07) is 16.2. The highest BCUT2D eigenvalue weighted by molar-refractivity contribution is 5.89. The topological polar surface area (TPSA) is 82.1 Å². The zero-order valence-electron chi connectivity index (χ0n) is 20.2. The third-order valence-electron chi connectivity index (χ3n) is 5.06. The summed E-state index contributed by atoms with van der Waals surface area (Å²) >= 11 is 0. The van der Waals surface area contributed by atoms with E-state index in [0.29, 0.717) is 28.7 Å². The van der Waals surface area contributed by atoms with Crippen LogP contribution in [0.1, 0.15) is 20.3 Å². The van der Waals surface area contributed by atoms with Gasteiger partial charge in [0.05, 0.1) is 13.2 Å². The molecule has 36 heavy (non-hydrogen) atoms. The van der Waals surface area contributed by atoms with Gasteiger partial charge in [0.25, 0.3) is 0 Å². The van der Waals surface area contributed by atoms with Crippen molar-refractivity contribution in [1.82, 2.24) is 0 Å². The maximum atomic E-state index is 14.8. The van der Waals surface area contributed by atoms with E-state index in [0.717, 1.165) is 5.56 Å². The predicted octanol–water partition coefficient (Wildman–Crippen LogP) is 6.24. The number of carbonyl (C=O) groups is 2. The number of aromatic hydroxyl groups is 1. The third-order valence-corrected chi connectivity index (χ3v) is 5.06. The van der Waals surface area contributed by atoms with Crippen LogP contribution in [0, 0.1) is 5.82 Å². The second-order valence-corrected chi connectivity index (χ2v) is 8.23. The number of halogens is 1. The lowest BCUT2D eigenvalue weighted by Crippen LogP contribution is -2.09. The molecule has 0 aliphatic heterocycles. The Kier molecular flexibility index (Phi) is 8.62. The number of phenols is 1. The van der Waals surface area contributed by atoms with E-state index < -0.39 is 17.8 Å². The standard InChI is InChI=1S/C29H27FO6/c1-18(2)28(32)35-13-5-12-34-27-11-8-21(17-26(27)30)23-14-22(20-6-9-24(31)10-7-20)15-25(16-23)36-29(33)19(3)4/h6-11,14-17,31H,1,3,5,12-13H2,2,4H3. The van der Waals surface area contributed by atoms with Crippen molar-refractivity contribution in [3.8, 4) is 39.5 Å². The van der Waals surface area contributed by atoms with Gasteiger partial charge < -0.3 is 19.3 Å². The Balaban J connectivity index is 1.81. The quantitative estimate of drug-likeness (QED) is 0.157. The van der Waals surface area contributed by atoms with Gasteiger partial charge in [0.2, 0.25) is 0 Å². The van der Waals surface area contributed by atoms with Crippen molar-refractivity contribution in [3.63, 3.8) is 0 Å². The van der Waals surface area contributed by atoms with Gasteiger partial charge in [-0.05, 0) is 78.6 Å². The molecular formula is C29H27FO6. The van der Waals surface area contributed by atoms with Gasteiger partial charge in [-0.2, -0.15) is 0 Å². The molecule has 0 atom stereocenters. The lowest BCUT2D eigenvalue weighted by Gasteiger charge is -2.13. The van der Waals surface area contributed by atoms with Crippen molar-refractivity contribution >= 4 is 11.9 Å². The number of hydrogen-bond donors (Lipinski definition) is 1. The van der Waals surface area contributed by atoms with Crippen molar-refractivity contribution in [1.29, 1.82) is 0 Å². The van der Waals surface area contributed by atoms with Crippen molar-refractivity contribution in [3.05, 3.63) is 90.8 Å². The molecule has 186 valence electrons. The van der Waals surface area contributed by atoms with E-state index in [1.54, 1.807) is 56.3 Å². The van der Waals surface area contributed by atoms with E-state index >= 15 is 0 Å². The lowest BCUT2D eigenvalue weighted by atomic mass is 9.98. The molecule has 3 aromatic rings. The predicted molar refractivity (Wildman–Crippen MR) is 135 cm³/mol. The van der Waals surface area contributed by atoms with Crippen molar-refractivity contribution in [2.24, 2.45) is 0 Å². The molecule has 0 saturated carbocycles. The molecule has 0 aliphatic rings. The first kappa shape index (κ1) is 26.2. The van der Waals surface area contributed by atoms with Gasteiger partial charge in [0.15, 0.2) is 11.6 Å². The van der Waals surface area contributed by atoms with Crippen LogP contribution in [0.25, 0.3) is 22.3 Å². The Morgan fingerprint density at radius 2 is 1.42 bits per heavy atom. The van der Waals surface area contributed by atoms with Gasteiger partial charge in [0, 0.05) is 17.6 Å². The van der Waals surface area contributed by atoms with Crippen LogP contribution in [0.2, 0.25) is 0 Å². The number of phenolic OH excluding ortho intramolecular Hbond substituents is 1. The minimum Gasteiger partial charge on any atom is -0.508 e. The van der Waals surface area contributed by atoms with Crippen LogP contribution in [-0.4, -0.2) is 30.3 Å². The summed E-state index contributed by atoms with van der Waals surface area (Å²) < 4.78 is 30.7. The number of rotatable bonds is 10. The Bertz CT molecular complexity index is 1290. The molecule has 0 spiro atoms. The molecule has 0 aromatic heterocycles. The largest absolute Gasteiger partial charge is 0.508 e. The highest BCUT2D eigenvalue weighted by atomic mass is 19.1. The molecule has 0 bridgehead atoms. The molecule has 0 fully saturated rings. The molecule has 0 radical (unpaired) electrons. The molecule has 0 unspecified atom stereocenters.